The number of aliphatic hydroxyl groups is 1. The Balaban J connectivity index is 3.74. The van der Waals surface area contributed by atoms with Crippen molar-refractivity contribution in [2.24, 2.45) is 5.92 Å². The molecule has 0 radical (unpaired) electrons. The lowest BCUT2D eigenvalue weighted by Gasteiger charge is -2.18. The molecule has 78 valence electrons. The third-order valence-corrected chi connectivity index (χ3v) is 2.14. The fourth-order valence-electron chi connectivity index (χ4n) is 1.02. The van der Waals surface area contributed by atoms with Crippen molar-refractivity contribution in [1.82, 2.24) is 4.90 Å². The Morgan fingerprint density at radius 1 is 1.46 bits per heavy atom. The molecule has 13 heavy (non-hydrogen) atoms. The number of hydrogen-bond acceptors (Lipinski definition) is 3. The molecule has 0 saturated carbocycles. The number of likely N-dealkylation sites (N-methyl/N-ethyl adjacent to an activating group) is 1. The zero-order chi connectivity index (χ0) is 10.4. The van der Waals surface area contributed by atoms with Gasteiger partial charge in [0.25, 0.3) is 0 Å². The molecule has 1 atom stereocenters. The number of Topliss-reactive ketones (excluding diaryl/α,β-unsaturated/α-hetero) is 1. The van der Waals surface area contributed by atoms with E-state index in [1.165, 1.54) is 0 Å². The number of hydrogen-bond donors (Lipinski definition) is 1. The van der Waals surface area contributed by atoms with Crippen LogP contribution in [0, 0.1) is 5.92 Å². The zero-order valence-electron chi connectivity index (χ0n) is 9.08. The molecular weight excluding hydrogens is 166 g/mol. The first kappa shape index (κ1) is 12.6. The highest BCUT2D eigenvalue weighted by Gasteiger charge is 2.14. The Morgan fingerprint density at radius 2 is 2.00 bits per heavy atom. The average Bonchev–Trinajstić information content (AvgIpc) is 2.03. The van der Waals surface area contributed by atoms with Crippen LogP contribution in [0.25, 0.3) is 0 Å². The molecule has 0 unspecified atom stereocenters. The standard InChI is InChI=1S/C10H21NO2/c1-5-11(4)7-9(12)6-10(13)8(2)3/h8-9,12H,5-7H2,1-4H3/t9-/m0/s1. The molecule has 1 N–H and O–H groups in total. The van der Waals surface area contributed by atoms with Crippen molar-refractivity contribution in [3.05, 3.63) is 0 Å². The zero-order valence-corrected chi connectivity index (χ0v) is 9.08. The van der Waals surface area contributed by atoms with Gasteiger partial charge in [-0.2, -0.15) is 0 Å². The number of rotatable bonds is 6. The molecule has 0 bridgehead atoms. The maximum absolute atomic E-state index is 11.2. The van der Waals surface area contributed by atoms with Crippen molar-refractivity contribution >= 4 is 5.78 Å². The molecule has 0 aromatic carbocycles. The van der Waals surface area contributed by atoms with Crippen LogP contribution in [-0.2, 0) is 4.79 Å². The molecule has 0 spiro atoms. The molecule has 0 heterocycles. The molecular formula is C10H21NO2. The third kappa shape index (κ3) is 5.77. The highest BCUT2D eigenvalue weighted by atomic mass is 16.3. The Kier molecular flexibility index (Phi) is 5.91. The number of nitrogens with zero attached hydrogens (tertiary/aromatic N) is 1. The highest BCUT2D eigenvalue weighted by molar-refractivity contribution is 5.80. The molecule has 0 aliphatic heterocycles. The van der Waals surface area contributed by atoms with Crippen molar-refractivity contribution in [2.45, 2.75) is 33.3 Å². The summed E-state index contributed by atoms with van der Waals surface area (Å²) in [6.07, 6.45) is -0.234. The van der Waals surface area contributed by atoms with E-state index in [0.29, 0.717) is 6.54 Å². The number of aliphatic hydroxyl groups excluding tert-OH is 1. The number of carbonyl (C=O) groups is 1. The van der Waals surface area contributed by atoms with Crippen LogP contribution >= 0.6 is 0 Å². The second kappa shape index (κ2) is 6.11. The van der Waals surface area contributed by atoms with Gasteiger partial charge in [0.05, 0.1) is 6.10 Å². The second-order valence-corrected chi connectivity index (χ2v) is 3.83. The van der Waals surface area contributed by atoms with Crippen LogP contribution in [0.2, 0.25) is 0 Å². The maximum atomic E-state index is 11.2. The van der Waals surface area contributed by atoms with Gasteiger partial charge in [0.1, 0.15) is 5.78 Å². The van der Waals surface area contributed by atoms with Gasteiger partial charge in [-0.15, -0.1) is 0 Å². The molecule has 3 nitrogen and oxygen atoms in total. The first-order valence-electron chi connectivity index (χ1n) is 4.86. The lowest BCUT2D eigenvalue weighted by Crippen LogP contribution is -2.31. The van der Waals surface area contributed by atoms with E-state index in [2.05, 4.69) is 0 Å². The molecule has 3 heteroatoms. The third-order valence-electron chi connectivity index (χ3n) is 2.14. The van der Waals surface area contributed by atoms with E-state index < -0.39 is 6.10 Å². The minimum Gasteiger partial charge on any atom is -0.391 e. The summed E-state index contributed by atoms with van der Waals surface area (Å²) < 4.78 is 0. The summed E-state index contributed by atoms with van der Waals surface area (Å²) in [6.45, 7) is 7.22. The molecule has 0 aromatic heterocycles. The molecule has 0 aromatic rings. The second-order valence-electron chi connectivity index (χ2n) is 3.83. The van der Waals surface area contributed by atoms with Crippen molar-refractivity contribution < 1.29 is 9.90 Å². The lowest BCUT2D eigenvalue weighted by molar-refractivity contribution is -0.124. The smallest absolute Gasteiger partial charge is 0.138 e. The summed E-state index contributed by atoms with van der Waals surface area (Å²) in [5.74, 6) is 0.165. The van der Waals surface area contributed by atoms with Gasteiger partial charge >= 0.3 is 0 Å². The van der Waals surface area contributed by atoms with Gasteiger partial charge in [-0.3, -0.25) is 4.79 Å². The summed E-state index contributed by atoms with van der Waals surface area (Å²) in [5.41, 5.74) is 0. The topological polar surface area (TPSA) is 40.5 Å². The van der Waals surface area contributed by atoms with Crippen LogP contribution in [0.1, 0.15) is 27.2 Å². The quantitative estimate of drug-likeness (QED) is 0.672. The summed E-state index contributed by atoms with van der Waals surface area (Å²) in [7, 11) is 1.93. The largest absolute Gasteiger partial charge is 0.391 e. The predicted molar refractivity (Wildman–Crippen MR) is 53.6 cm³/mol. The average molecular weight is 187 g/mol. The van der Waals surface area contributed by atoms with E-state index in [4.69, 9.17) is 0 Å². The Labute approximate surface area is 80.7 Å². The molecule has 0 aliphatic rings. The van der Waals surface area contributed by atoms with Gasteiger partial charge in [-0.1, -0.05) is 20.8 Å². The van der Waals surface area contributed by atoms with Gasteiger partial charge < -0.3 is 10.0 Å². The molecule has 0 fully saturated rings. The van der Waals surface area contributed by atoms with Gasteiger partial charge in [-0.25, -0.2) is 0 Å². The normalized spacial score (nSPS) is 13.8. The summed E-state index contributed by atoms with van der Waals surface area (Å²) >= 11 is 0. The molecule has 0 amide bonds. The fraction of sp³-hybridized carbons (Fsp3) is 0.900. The van der Waals surface area contributed by atoms with Crippen molar-refractivity contribution in [3.63, 3.8) is 0 Å². The van der Waals surface area contributed by atoms with Crippen LogP contribution in [0.3, 0.4) is 0 Å². The maximum Gasteiger partial charge on any atom is 0.138 e. The van der Waals surface area contributed by atoms with Gasteiger partial charge in [0, 0.05) is 18.9 Å². The van der Waals surface area contributed by atoms with Crippen LogP contribution in [0.4, 0.5) is 0 Å². The van der Waals surface area contributed by atoms with E-state index in [9.17, 15) is 9.90 Å². The van der Waals surface area contributed by atoms with Crippen molar-refractivity contribution in [3.8, 4) is 0 Å². The molecule has 0 rings (SSSR count). The summed E-state index contributed by atoms with van der Waals surface area (Å²) in [5, 5.41) is 9.51. The summed E-state index contributed by atoms with van der Waals surface area (Å²) in [6, 6.07) is 0. The van der Waals surface area contributed by atoms with Crippen LogP contribution in [0.15, 0.2) is 0 Å². The van der Waals surface area contributed by atoms with E-state index >= 15 is 0 Å². The minimum atomic E-state index is -0.514. The van der Waals surface area contributed by atoms with Gasteiger partial charge in [0.15, 0.2) is 0 Å². The van der Waals surface area contributed by atoms with Crippen molar-refractivity contribution in [1.29, 1.82) is 0 Å². The van der Waals surface area contributed by atoms with Crippen molar-refractivity contribution in [2.75, 3.05) is 20.1 Å². The predicted octanol–water partition coefficient (Wildman–Crippen LogP) is 0.914. The fourth-order valence-corrected chi connectivity index (χ4v) is 1.02. The monoisotopic (exact) mass is 187 g/mol. The van der Waals surface area contributed by atoms with Crippen LogP contribution in [0.5, 0.6) is 0 Å². The van der Waals surface area contributed by atoms with E-state index in [-0.39, 0.29) is 18.1 Å². The van der Waals surface area contributed by atoms with E-state index in [0.717, 1.165) is 6.54 Å². The number of ketones is 1. The van der Waals surface area contributed by atoms with Crippen LogP contribution in [-0.4, -0.2) is 42.0 Å². The lowest BCUT2D eigenvalue weighted by atomic mass is 10.0. The molecule has 0 aliphatic carbocycles. The SMILES string of the molecule is CCN(C)C[C@@H](O)CC(=O)C(C)C. The Hall–Kier alpha value is -0.410. The van der Waals surface area contributed by atoms with E-state index in [1.807, 2.05) is 32.7 Å². The Morgan fingerprint density at radius 3 is 2.38 bits per heavy atom. The van der Waals surface area contributed by atoms with Crippen LogP contribution < -0.4 is 0 Å². The minimum absolute atomic E-state index is 0.0292. The highest BCUT2D eigenvalue weighted by Crippen LogP contribution is 2.03. The molecule has 0 saturated heterocycles. The first-order chi connectivity index (χ1) is 5.97. The Bertz CT molecular complexity index is 157. The first-order valence-corrected chi connectivity index (χ1v) is 4.86. The number of carbonyl (C=O) groups excluding carboxylic acids is 1. The summed E-state index contributed by atoms with van der Waals surface area (Å²) in [4.78, 5) is 13.2. The van der Waals surface area contributed by atoms with Gasteiger partial charge in [-0.05, 0) is 13.6 Å². The van der Waals surface area contributed by atoms with Gasteiger partial charge in [0.2, 0.25) is 0 Å². The van der Waals surface area contributed by atoms with E-state index in [1.54, 1.807) is 0 Å².